The van der Waals surface area contributed by atoms with Crippen molar-refractivity contribution in [1.82, 2.24) is 4.90 Å². The highest BCUT2D eigenvalue weighted by Gasteiger charge is 2.23. The molecule has 120 valence electrons. The van der Waals surface area contributed by atoms with Crippen LogP contribution in [-0.4, -0.2) is 23.7 Å². The van der Waals surface area contributed by atoms with Gasteiger partial charge in [-0.25, -0.2) is 0 Å². The van der Waals surface area contributed by atoms with Crippen molar-refractivity contribution in [3.63, 3.8) is 0 Å². The SMILES string of the molecule is CCC(C)C[C@H]1CCN(/C(C)=C\CC(C)/C=C\C(C)=N)C1. The van der Waals surface area contributed by atoms with Crippen LogP contribution in [0.4, 0.5) is 0 Å². The zero-order valence-corrected chi connectivity index (χ0v) is 14.7. The monoisotopic (exact) mass is 290 g/mol. The van der Waals surface area contributed by atoms with Crippen LogP contribution in [0.5, 0.6) is 0 Å². The molecule has 0 spiro atoms. The van der Waals surface area contributed by atoms with Crippen molar-refractivity contribution in [1.29, 1.82) is 5.41 Å². The molecule has 1 aliphatic heterocycles. The molecule has 1 fully saturated rings. The molecule has 2 nitrogen and oxygen atoms in total. The third-order valence-corrected chi connectivity index (χ3v) is 4.68. The lowest BCUT2D eigenvalue weighted by molar-refractivity contribution is 0.359. The van der Waals surface area contributed by atoms with E-state index < -0.39 is 0 Å². The molecule has 1 rings (SSSR count). The van der Waals surface area contributed by atoms with Crippen LogP contribution in [0.2, 0.25) is 0 Å². The Hall–Kier alpha value is -1.05. The summed E-state index contributed by atoms with van der Waals surface area (Å²) in [5, 5.41) is 7.42. The molecule has 0 aliphatic carbocycles. The van der Waals surface area contributed by atoms with E-state index in [4.69, 9.17) is 5.41 Å². The molecule has 3 atom stereocenters. The Morgan fingerprint density at radius 3 is 2.67 bits per heavy atom. The third-order valence-electron chi connectivity index (χ3n) is 4.68. The maximum Gasteiger partial charge on any atom is 0.0279 e. The first-order valence-corrected chi connectivity index (χ1v) is 8.57. The standard InChI is InChI=1S/C19H34N2/c1-6-15(2)13-19-11-12-21(14-19)18(5)10-8-16(3)7-9-17(4)20/h7,9-10,15-16,19-20H,6,8,11-14H2,1-5H3/b9-7-,18-10-,20-17?/t15?,16?,19-/m1/s1. The zero-order valence-electron chi connectivity index (χ0n) is 14.7. The van der Waals surface area contributed by atoms with E-state index in [1.807, 2.05) is 13.0 Å². The van der Waals surface area contributed by atoms with Crippen molar-refractivity contribution in [3.05, 3.63) is 23.9 Å². The van der Waals surface area contributed by atoms with Crippen LogP contribution in [0.15, 0.2) is 23.9 Å². The van der Waals surface area contributed by atoms with Crippen LogP contribution >= 0.6 is 0 Å². The molecule has 1 heterocycles. The van der Waals surface area contributed by atoms with Gasteiger partial charge in [-0.15, -0.1) is 0 Å². The van der Waals surface area contributed by atoms with Gasteiger partial charge in [-0.2, -0.15) is 0 Å². The molecule has 2 unspecified atom stereocenters. The van der Waals surface area contributed by atoms with E-state index in [1.165, 1.54) is 38.0 Å². The molecule has 0 bridgehead atoms. The molecule has 1 N–H and O–H groups in total. The summed E-state index contributed by atoms with van der Waals surface area (Å²) in [6, 6.07) is 0. The number of hydrogen-bond donors (Lipinski definition) is 1. The van der Waals surface area contributed by atoms with Crippen molar-refractivity contribution < 1.29 is 0 Å². The van der Waals surface area contributed by atoms with Gasteiger partial charge in [0.25, 0.3) is 0 Å². The summed E-state index contributed by atoms with van der Waals surface area (Å²) in [7, 11) is 0. The molecule has 0 aromatic carbocycles. The summed E-state index contributed by atoms with van der Waals surface area (Å²) in [6.07, 6.45) is 11.5. The van der Waals surface area contributed by atoms with Crippen molar-refractivity contribution in [2.75, 3.05) is 13.1 Å². The van der Waals surface area contributed by atoms with Gasteiger partial charge in [0.1, 0.15) is 0 Å². The molecule has 0 aromatic heterocycles. The Bertz CT molecular complexity index is 381. The maximum absolute atomic E-state index is 7.42. The molecular formula is C19H34N2. The number of nitrogens with zero attached hydrogens (tertiary/aromatic N) is 1. The van der Waals surface area contributed by atoms with Gasteiger partial charge in [0, 0.05) is 24.5 Å². The van der Waals surface area contributed by atoms with E-state index in [9.17, 15) is 0 Å². The molecule has 0 aromatic rings. The van der Waals surface area contributed by atoms with E-state index in [-0.39, 0.29) is 0 Å². The summed E-state index contributed by atoms with van der Waals surface area (Å²) in [5.41, 5.74) is 2.07. The van der Waals surface area contributed by atoms with E-state index in [0.717, 1.165) is 18.3 Å². The van der Waals surface area contributed by atoms with Crippen molar-refractivity contribution in [2.24, 2.45) is 17.8 Å². The minimum Gasteiger partial charge on any atom is -0.375 e. The zero-order chi connectivity index (χ0) is 15.8. The Morgan fingerprint density at radius 1 is 1.33 bits per heavy atom. The van der Waals surface area contributed by atoms with Gasteiger partial charge in [0.2, 0.25) is 0 Å². The van der Waals surface area contributed by atoms with E-state index in [1.54, 1.807) is 0 Å². The van der Waals surface area contributed by atoms with E-state index in [2.05, 4.69) is 44.7 Å². The van der Waals surface area contributed by atoms with Crippen LogP contribution in [0.3, 0.4) is 0 Å². The lowest BCUT2D eigenvalue weighted by atomic mass is 9.93. The van der Waals surface area contributed by atoms with Gasteiger partial charge in [0.15, 0.2) is 0 Å². The Balaban J connectivity index is 2.40. The highest BCUT2D eigenvalue weighted by molar-refractivity contribution is 5.89. The fourth-order valence-electron chi connectivity index (χ4n) is 2.95. The number of allylic oxidation sites excluding steroid dienone is 4. The summed E-state index contributed by atoms with van der Waals surface area (Å²) in [4.78, 5) is 2.56. The average Bonchev–Trinajstić information content (AvgIpc) is 2.90. The third kappa shape index (κ3) is 6.97. The lowest BCUT2D eigenvalue weighted by Crippen LogP contribution is -2.19. The molecule has 0 saturated carbocycles. The Kier molecular flexibility index (Phi) is 7.77. The molecular weight excluding hydrogens is 256 g/mol. The fraction of sp³-hybridized carbons (Fsp3) is 0.737. The summed E-state index contributed by atoms with van der Waals surface area (Å²) < 4.78 is 0. The molecule has 0 radical (unpaired) electrons. The first kappa shape index (κ1) is 18.0. The second-order valence-electron chi connectivity index (χ2n) is 6.95. The predicted molar refractivity (Wildman–Crippen MR) is 93.8 cm³/mol. The smallest absolute Gasteiger partial charge is 0.0279 e. The summed E-state index contributed by atoms with van der Waals surface area (Å²) in [6.45, 7) is 13.5. The minimum absolute atomic E-state index is 0.513. The topological polar surface area (TPSA) is 27.1 Å². The van der Waals surface area contributed by atoms with Crippen LogP contribution in [0.25, 0.3) is 0 Å². The second-order valence-corrected chi connectivity index (χ2v) is 6.95. The Morgan fingerprint density at radius 2 is 2.05 bits per heavy atom. The summed E-state index contributed by atoms with van der Waals surface area (Å²) >= 11 is 0. The van der Waals surface area contributed by atoms with Crippen LogP contribution in [0.1, 0.15) is 60.3 Å². The molecule has 2 heteroatoms. The highest BCUT2D eigenvalue weighted by Crippen LogP contribution is 2.27. The quantitative estimate of drug-likeness (QED) is 0.606. The Labute approximate surface area is 131 Å². The van der Waals surface area contributed by atoms with Crippen LogP contribution < -0.4 is 0 Å². The van der Waals surface area contributed by atoms with Crippen LogP contribution in [-0.2, 0) is 0 Å². The number of likely N-dealkylation sites (tertiary alicyclic amines) is 1. The largest absolute Gasteiger partial charge is 0.375 e. The van der Waals surface area contributed by atoms with Gasteiger partial charge in [-0.05, 0) is 56.9 Å². The first-order valence-electron chi connectivity index (χ1n) is 8.57. The van der Waals surface area contributed by atoms with Gasteiger partial charge in [0.05, 0.1) is 0 Å². The maximum atomic E-state index is 7.42. The number of rotatable bonds is 8. The van der Waals surface area contributed by atoms with Crippen molar-refractivity contribution in [2.45, 2.75) is 60.3 Å². The van der Waals surface area contributed by atoms with Gasteiger partial charge in [-0.1, -0.05) is 39.3 Å². The molecule has 21 heavy (non-hydrogen) atoms. The average molecular weight is 290 g/mol. The molecule has 0 amide bonds. The summed E-state index contributed by atoms with van der Waals surface area (Å²) in [5.74, 6) is 2.27. The first-order chi connectivity index (χ1) is 9.92. The fourth-order valence-corrected chi connectivity index (χ4v) is 2.95. The van der Waals surface area contributed by atoms with Gasteiger partial charge >= 0.3 is 0 Å². The second kappa shape index (κ2) is 9.07. The van der Waals surface area contributed by atoms with E-state index in [0.29, 0.717) is 11.6 Å². The predicted octanol–water partition coefficient (Wildman–Crippen LogP) is 5.27. The van der Waals surface area contributed by atoms with Crippen molar-refractivity contribution >= 4 is 5.71 Å². The van der Waals surface area contributed by atoms with Gasteiger partial charge < -0.3 is 10.3 Å². The van der Waals surface area contributed by atoms with Crippen LogP contribution in [0, 0.1) is 23.2 Å². The van der Waals surface area contributed by atoms with E-state index >= 15 is 0 Å². The van der Waals surface area contributed by atoms with Gasteiger partial charge in [-0.3, -0.25) is 0 Å². The lowest BCUT2D eigenvalue weighted by Gasteiger charge is -2.21. The number of nitrogens with one attached hydrogen (secondary N) is 1. The minimum atomic E-state index is 0.513. The highest BCUT2D eigenvalue weighted by atomic mass is 15.2. The number of hydrogen-bond acceptors (Lipinski definition) is 2. The molecule has 1 aliphatic rings. The molecule has 1 saturated heterocycles. The van der Waals surface area contributed by atoms with Crippen molar-refractivity contribution in [3.8, 4) is 0 Å². The normalized spacial score (nSPS) is 22.8.